The van der Waals surface area contributed by atoms with Crippen LogP contribution in [0.3, 0.4) is 0 Å². The summed E-state index contributed by atoms with van der Waals surface area (Å²) in [5.41, 5.74) is 3.62. The van der Waals surface area contributed by atoms with Gasteiger partial charge in [0.05, 0.1) is 18.4 Å². The molecular formula is C25H36N4O2. The van der Waals surface area contributed by atoms with Crippen LogP contribution in [-0.4, -0.2) is 55.6 Å². The summed E-state index contributed by atoms with van der Waals surface area (Å²) >= 11 is 0. The number of nitrogens with one attached hydrogen (secondary N) is 1. The number of hydrogen-bond donors (Lipinski definition) is 1. The molecule has 31 heavy (non-hydrogen) atoms. The molecule has 0 aromatic rings. The Labute approximate surface area is 187 Å². The minimum absolute atomic E-state index is 0.107. The van der Waals surface area contributed by atoms with Crippen LogP contribution in [0.4, 0.5) is 0 Å². The third-order valence-electron chi connectivity index (χ3n) is 4.16. The Kier molecular flexibility index (Phi) is 11.7. The van der Waals surface area contributed by atoms with E-state index in [1.54, 1.807) is 18.1 Å². The number of rotatable bonds is 5. The minimum Gasteiger partial charge on any atom is -0.490 e. The van der Waals surface area contributed by atoms with E-state index in [9.17, 15) is 4.79 Å². The van der Waals surface area contributed by atoms with Crippen molar-refractivity contribution in [1.29, 1.82) is 0 Å². The third-order valence-corrected chi connectivity index (χ3v) is 4.16. The zero-order valence-corrected chi connectivity index (χ0v) is 19.7. The average Bonchev–Trinajstić information content (AvgIpc) is 2.90. The van der Waals surface area contributed by atoms with E-state index < -0.39 is 0 Å². The lowest BCUT2D eigenvalue weighted by molar-refractivity contribution is -0.116. The summed E-state index contributed by atoms with van der Waals surface area (Å²) in [4.78, 5) is 15.5. The van der Waals surface area contributed by atoms with Crippen LogP contribution in [-0.2, 0) is 9.53 Å². The van der Waals surface area contributed by atoms with E-state index in [0.29, 0.717) is 18.8 Å². The smallest absolute Gasteiger partial charge is 0.244 e. The van der Waals surface area contributed by atoms with Crippen LogP contribution in [0.1, 0.15) is 34.1 Å². The van der Waals surface area contributed by atoms with Crippen molar-refractivity contribution in [1.82, 2.24) is 10.3 Å². The lowest BCUT2D eigenvalue weighted by atomic mass is 10.1. The summed E-state index contributed by atoms with van der Waals surface area (Å²) in [5.74, 6) is 0.824. The first-order chi connectivity index (χ1) is 14.8. The van der Waals surface area contributed by atoms with Crippen LogP contribution in [0.5, 0.6) is 0 Å². The number of carbonyl (C=O) groups is 1. The monoisotopic (exact) mass is 424 g/mol. The van der Waals surface area contributed by atoms with Crippen LogP contribution < -0.4 is 5.32 Å². The third kappa shape index (κ3) is 9.94. The van der Waals surface area contributed by atoms with Crippen molar-refractivity contribution in [3.05, 3.63) is 72.1 Å². The summed E-state index contributed by atoms with van der Waals surface area (Å²) < 4.78 is 5.73. The lowest BCUT2D eigenvalue weighted by Gasteiger charge is -2.16. The molecule has 0 saturated carbocycles. The maximum Gasteiger partial charge on any atom is 0.244 e. The molecule has 1 amide bonds. The highest BCUT2D eigenvalue weighted by Crippen LogP contribution is 2.23. The standard InChI is InChI=1S/C13H18O.C12H18N4O/c1-10(2)12-8-6-5-7-9-13(12)14-11(3)4;1-4-5-10(13-2)11-6-7-12(17)14-8-9-16(3)15-11/h5,7-9,11H,1,6H2,2-4H3;4-7H,8-9H2,1-3H3,(H,14,17)/b;5-4-,7-6+,13-10?,15-11+. The first-order valence-electron chi connectivity index (χ1n) is 10.5. The second-order valence-corrected chi connectivity index (χ2v) is 7.36. The topological polar surface area (TPSA) is 66.3 Å². The molecule has 1 heterocycles. The van der Waals surface area contributed by atoms with Gasteiger partial charge in [-0.15, -0.1) is 0 Å². The summed E-state index contributed by atoms with van der Waals surface area (Å²) in [5, 5.41) is 8.97. The second-order valence-electron chi connectivity index (χ2n) is 7.36. The summed E-state index contributed by atoms with van der Waals surface area (Å²) in [6.45, 7) is 13.2. The number of carbonyl (C=O) groups excluding carboxylic acids is 1. The van der Waals surface area contributed by atoms with Crippen molar-refractivity contribution in [3.8, 4) is 0 Å². The van der Waals surface area contributed by atoms with E-state index in [1.165, 1.54) is 6.08 Å². The second kappa shape index (κ2) is 14.0. The molecular weight excluding hydrogens is 388 g/mol. The van der Waals surface area contributed by atoms with Gasteiger partial charge in [0.1, 0.15) is 11.5 Å². The molecule has 0 spiro atoms. The summed E-state index contributed by atoms with van der Waals surface area (Å²) in [6.07, 6.45) is 16.4. The first-order valence-corrected chi connectivity index (χ1v) is 10.5. The Morgan fingerprint density at radius 2 is 2.13 bits per heavy atom. The van der Waals surface area contributed by atoms with Gasteiger partial charge in [0, 0.05) is 32.3 Å². The molecule has 0 aromatic carbocycles. The van der Waals surface area contributed by atoms with Crippen molar-refractivity contribution in [2.24, 2.45) is 10.1 Å². The Morgan fingerprint density at radius 1 is 1.39 bits per heavy atom. The number of aliphatic imine (C=N–C) groups is 1. The van der Waals surface area contributed by atoms with Crippen LogP contribution in [0.15, 0.2) is 82.2 Å². The number of likely N-dealkylation sites (N-methyl/N-ethyl adjacent to an activating group) is 1. The molecule has 6 heteroatoms. The van der Waals surface area contributed by atoms with Gasteiger partial charge in [-0.3, -0.25) is 14.8 Å². The Balaban J connectivity index is 0.000000316. The molecule has 0 unspecified atom stereocenters. The fraction of sp³-hybridized carbons (Fsp3) is 0.400. The van der Waals surface area contributed by atoms with Crippen molar-refractivity contribution >= 4 is 17.3 Å². The number of hydrogen-bond acceptors (Lipinski definition) is 5. The number of ether oxygens (including phenoxy) is 1. The molecule has 0 bridgehead atoms. The average molecular weight is 425 g/mol. The Hall–Kier alpha value is -3.15. The number of hydrazone groups is 1. The zero-order chi connectivity index (χ0) is 23.2. The van der Waals surface area contributed by atoms with Crippen LogP contribution in [0, 0.1) is 0 Å². The van der Waals surface area contributed by atoms with Crippen LogP contribution in [0.2, 0.25) is 0 Å². The number of amides is 1. The molecule has 0 atom stereocenters. The van der Waals surface area contributed by atoms with Gasteiger partial charge in [0.15, 0.2) is 0 Å². The highest BCUT2D eigenvalue weighted by atomic mass is 16.5. The predicted octanol–water partition coefficient (Wildman–Crippen LogP) is 4.36. The minimum atomic E-state index is -0.107. The van der Waals surface area contributed by atoms with E-state index in [0.717, 1.165) is 29.0 Å². The zero-order valence-electron chi connectivity index (χ0n) is 19.7. The van der Waals surface area contributed by atoms with E-state index >= 15 is 0 Å². The molecule has 2 rings (SSSR count). The highest BCUT2D eigenvalue weighted by molar-refractivity contribution is 6.50. The summed E-state index contributed by atoms with van der Waals surface area (Å²) in [7, 11) is 3.58. The van der Waals surface area contributed by atoms with Crippen molar-refractivity contribution in [2.45, 2.75) is 40.2 Å². The molecule has 1 aliphatic carbocycles. The van der Waals surface area contributed by atoms with Gasteiger partial charge in [-0.05, 0) is 57.9 Å². The maximum atomic E-state index is 11.4. The Morgan fingerprint density at radius 3 is 2.74 bits per heavy atom. The molecule has 6 nitrogen and oxygen atoms in total. The molecule has 1 N–H and O–H groups in total. The van der Waals surface area contributed by atoms with Gasteiger partial charge < -0.3 is 10.1 Å². The SMILES string of the molecule is C/C=C\C(=NC)C1=N/N(C)CCNC(=O)\C=C\1.C=C(C)C1=CCC=CC=C1OC(C)C. The molecule has 0 saturated heterocycles. The molecule has 0 fully saturated rings. The van der Waals surface area contributed by atoms with Crippen molar-refractivity contribution in [2.75, 3.05) is 27.2 Å². The molecule has 0 radical (unpaired) electrons. The predicted molar refractivity (Wildman–Crippen MR) is 131 cm³/mol. The molecule has 168 valence electrons. The normalized spacial score (nSPS) is 20.1. The van der Waals surface area contributed by atoms with Gasteiger partial charge in [-0.2, -0.15) is 5.10 Å². The van der Waals surface area contributed by atoms with Gasteiger partial charge in [-0.25, -0.2) is 0 Å². The van der Waals surface area contributed by atoms with Crippen molar-refractivity contribution in [3.63, 3.8) is 0 Å². The lowest BCUT2D eigenvalue weighted by Crippen LogP contribution is -2.29. The van der Waals surface area contributed by atoms with Gasteiger partial charge in [0.25, 0.3) is 0 Å². The molecule has 2 aliphatic rings. The Bertz CT molecular complexity index is 840. The maximum absolute atomic E-state index is 11.4. The molecule has 0 aromatic heterocycles. The quantitative estimate of drug-likeness (QED) is 0.667. The fourth-order valence-electron chi connectivity index (χ4n) is 2.74. The van der Waals surface area contributed by atoms with Gasteiger partial charge >= 0.3 is 0 Å². The van der Waals surface area contributed by atoms with Crippen molar-refractivity contribution < 1.29 is 9.53 Å². The largest absolute Gasteiger partial charge is 0.490 e. The van der Waals surface area contributed by atoms with Gasteiger partial charge in [-0.1, -0.05) is 30.9 Å². The van der Waals surface area contributed by atoms with Crippen LogP contribution >= 0.6 is 0 Å². The number of nitrogens with zero attached hydrogens (tertiary/aromatic N) is 3. The molecule has 1 aliphatic heterocycles. The van der Waals surface area contributed by atoms with E-state index in [4.69, 9.17) is 4.74 Å². The van der Waals surface area contributed by atoms with Gasteiger partial charge in [0.2, 0.25) is 5.91 Å². The fourth-order valence-corrected chi connectivity index (χ4v) is 2.74. The van der Waals surface area contributed by atoms with Crippen LogP contribution in [0.25, 0.3) is 0 Å². The van der Waals surface area contributed by atoms with E-state index in [2.05, 4.69) is 34.1 Å². The summed E-state index contributed by atoms with van der Waals surface area (Å²) in [6, 6.07) is 0. The number of allylic oxidation sites excluding steroid dienone is 8. The highest BCUT2D eigenvalue weighted by Gasteiger charge is 2.10. The van der Waals surface area contributed by atoms with E-state index in [1.807, 2.05) is 59.0 Å². The first kappa shape index (κ1) is 25.9. The van der Waals surface area contributed by atoms with E-state index in [-0.39, 0.29) is 12.0 Å².